The van der Waals surface area contributed by atoms with E-state index in [-0.39, 0.29) is 0 Å². The highest BCUT2D eigenvalue weighted by Crippen LogP contribution is 2.35. The summed E-state index contributed by atoms with van der Waals surface area (Å²) >= 11 is 0. The van der Waals surface area contributed by atoms with Crippen LogP contribution in [0.2, 0.25) is 0 Å². The number of aryl methyl sites for hydroxylation is 1. The lowest BCUT2D eigenvalue weighted by Gasteiger charge is -2.02. The second kappa shape index (κ2) is 3.81. The van der Waals surface area contributed by atoms with E-state index in [2.05, 4.69) is 66.1 Å². The van der Waals surface area contributed by atoms with Gasteiger partial charge < -0.3 is 0 Å². The van der Waals surface area contributed by atoms with Crippen LogP contribution in [0.4, 0.5) is 0 Å². The van der Waals surface area contributed by atoms with Crippen LogP contribution in [0.5, 0.6) is 0 Å². The van der Waals surface area contributed by atoms with Crippen molar-refractivity contribution in [3.8, 4) is 0 Å². The molecule has 1 heteroatoms. The Morgan fingerprint density at radius 3 is 2.89 bits per heavy atom. The summed E-state index contributed by atoms with van der Waals surface area (Å²) in [6, 6.07) is 13.1. The van der Waals surface area contributed by atoms with Crippen LogP contribution in [0.1, 0.15) is 18.2 Å². The van der Waals surface area contributed by atoms with Crippen molar-refractivity contribution in [3.63, 3.8) is 0 Å². The van der Waals surface area contributed by atoms with Crippen LogP contribution < -0.4 is 0 Å². The summed E-state index contributed by atoms with van der Waals surface area (Å²) in [4.78, 5) is 0. The highest BCUT2D eigenvalue weighted by molar-refractivity contribution is 6.12. The number of hydrogen-bond donors (Lipinski definition) is 0. The molecule has 4 rings (SSSR count). The van der Waals surface area contributed by atoms with Gasteiger partial charge in [-0.15, -0.1) is 0 Å². The molecule has 1 nitrogen and oxygen atoms in total. The van der Waals surface area contributed by atoms with Gasteiger partial charge in [-0.25, -0.2) is 0 Å². The third-order valence-corrected chi connectivity index (χ3v) is 3.92. The minimum absolute atomic E-state index is 0.982. The van der Waals surface area contributed by atoms with Crippen molar-refractivity contribution in [3.05, 3.63) is 59.8 Å². The quantitative estimate of drug-likeness (QED) is 0.549. The average Bonchev–Trinajstić information content (AvgIpc) is 2.81. The van der Waals surface area contributed by atoms with Crippen molar-refractivity contribution in [1.82, 2.24) is 4.57 Å². The third-order valence-electron chi connectivity index (χ3n) is 3.92. The second-order valence-corrected chi connectivity index (χ2v) is 4.87. The standard InChI is InChI=1S/C18H14N/c1-2-19-16-10-6-5-9-15(16)18-14-8-4-3-7-13(14)11-12-17(18)19/h3-5,7-12H,2H2,1H3/q+1. The SMILES string of the molecule is CCn1c2c(c3c4ccccc4ccc31)C=C[C+]=C2. The normalized spacial score (nSPS) is 12.9. The highest BCUT2D eigenvalue weighted by Gasteiger charge is 2.22. The van der Waals surface area contributed by atoms with Gasteiger partial charge in [-0.3, -0.25) is 4.57 Å². The molecule has 1 aliphatic carbocycles. The van der Waals surface area contributed by atoms with Gasteiger partial charge in [0.2, 0.25) is 0 Å². The third kappa shape index (κ3) is 1.34. The molecule has 0 atom stereocenters. The number of allylic oxidation sites excluding steroid dienone is 2. The van der Waals surface area contributed by atoms with E-state index in [9.17, 15) is 0 Å². The zero-order valence-electron chi connectivity index (χ0n) is 10.9. The molecule has 2 aromatic carbocycles. The topological polar surface area (TPSA) is 4.93 Å². The molecule has 0 spiro atoms. The van der Waals surface area contributed by atoms with Crippen LogP contribution in [0.15, 0.2) is 42.5 Å². The van der Waals surface area contributed by atoms with E-state index in [0.717, 1.165) is 6.54 Å². The number of fused-ring (bicyclic) bond motifs is 5. The van der Waals surface area contributed by atoms with Gasteiger partial charge in [0.05, 0.1) is 11.6 Å². The molecule has 0 saturated heterocycles. The fourth-order valence-corrected chi connectivity index (χ4v) is 3.09. The summed E-state index contributed by atoms with van der Waals surface area (Å²) in [6.45, 7) is 3.18. The molecule has 0 fully saturated rings. The van der Waals surface area contributed by atoms with E-state index in [0.29, 0.717) is 0 Å². The molecule has 0 N–H and O–H groups in total. The summed E-state index contributed by atoms with van der Waals surface area (Å²) in [5.41, 5.74) is 3.92. The first kappa shape index (κ1) is 10.5. The van der Waals surface area contributed by atoms with Gasteiger partial charge in [-0.05, 0) is 23.8 Å². The minimum Gasteiger partial charge on any atom is -0.288 e. The molecule has 0 saturated carbocycles. The second-order valence-electron chi connectivity index (χ2n) is 4.87. The summed E-state index contributed by atoms with van der Waals surface area (Å²) < 4.78 is 2.37. The average molecular weight is 244 g/mol. The number of aromatic nitrogens is 1. The number of rotatable bonds is 1. The fraction of sp³-hybridized carbons (Fsp3) is 0.111. The molecule has 3 aromatic rings. The van der Waals surface area contributed by atoms with Gasteiger partial charge in [-0.1, -0.05) is 30.3 Å². The van der Waals surface area contributed by atoms with E-state index in [1.165, 1.54) is 32.9 Å². The maximum atomic E-state index is 3.20. The summed E-state index contributed by atoms with van der Waals surface area (Å²) in [5.74, 6) is 0. The van der Waals surface area contributed by atoms with Gasteiger partial charge in [0, 0.05) is 18.0 Å². The lowest BCUT2D eigenvalue weighted by molar-refractivity contribution is 0.788. The molecule has 0 bridgehead atoms. The van der Waals surface area contributed by atoms with Gasteiger partial charge in [0.15, 0.2) is 5.69 Å². The van der Waals surface area contributed by atoms with Crippen LogP contribution in [0, 0.1) is 6.08 Å². The monoisotopic (exact) mass is 244 g/mol. The van der Waals surface area contributed by atoms with Crippen LogP contribution >= 0.6 is 0 Å². The van der Waals surface area contributed by atoms with E-state index in [1.807, 2.05) is 6.08 Å². The predicted octanol–water partition coefficient (Wildman–Crippen LogP) is 4.66. The highest BCUT2D eigenvalue weighted by atomic mass is 15.0. The summed E-state index contributed by atoms with van der Waals surface area (Å²) in [5, 5.41) is 4.00. The minimum atomic E-state index is 0.982. The molecule has 1 aliphatic rings. The Morgan fingerprint density at radius 1 is 1.11 bits per heavy atom. The van der Waals surface area contributed by atoms with Crippen LogP contribution in [-0.2, 0) is 6.54 Å². The van der Waals surface area contributed by atoms with Gasteiger partial charge in [-0.2, -0.15) is 0 Å². The fourth-order valence-electron chi connectivity index (χ4n) is 3.09. The van der Waals surface area contributed by atoms with Gasteiger partial charge in [0.25, 0.3) is 0 Å². The Labute approximate surface area is 112 Å². The Balaban J connectivity index is 2.29. The number of nitrogens with zero attached hydrogens (tertiary/aromatic N) is 1. The van der Waals surface area contributed by atoms with Crippen molar-refractivity contribution < 1.29 is 0 Å². The van der Waals surface area contributed by atoms with Gasteiger partial charge >= 0.3 is 0 Å². The van der Waals surface area contributed by atoms with Crippen LogP contribution in [-0.4, -0.2) is 4.57 Å². The Kier molecular flexibility index (Phi) is 2.11. The summed E-state index contributed by atoms with van der Waals surface area (Å²) in [7, 11) is 0. The predicted molar refractivity (Wildman–Crippen MR) is 81.9 cm³/mol. The largest absolute Gasteiger partial charge is 0.288 e. The molecular weight excluding hydrogens is 230 g/mol. The van der Waals surface area contributed by atoms with E-state index in [4.69, 9.17) is 0 Å². The van der Waals surface area contributed by atoms with Crippen molar-refractivity contribution in [2.24, 2.45) is 0 Å². The molecular formula is C18H14N+. The number of benzene rings is 2. The van der Waals surface area contributed by atoms with Crippen molar-refractivity contribution in [2.45, 2.75) is 13.5 Å². The van der Waals surface area contributed by atoms with Crippen LogP contribution in [0.25, 0.3) is 33.8 Å². The first-order valence-corrected chi connectivity index (χ1v) is 6.70. The Bertz CT molecular complexity index is 847. The molecule has 0 aliphatic heterocycles. The number of hydrogen-bond acceptors (Lipinski definition) is 0. The van der Waals surface area contributed by atoms with Crippen molar-refractivity contribution in [1.29, 1.82) is 0 Å². The molecule has 0 unspecified atom stereocenters. The molecule has 0 amide bonds. The van der Waals surface area contributed by atoms with E-state index < -0.39 is 0 Å². The van der Waals surface area contributed by atoms with Crippen molar-refractivity contribution >= 4 is 33.8 Å². The van der Waals surface area contributed by atoms with Crippen molar-refractivity contribution in [2.75, 3.05) is 0 Å². The van der Waals surface area contributed by atoms with Crippen LogP contribution in [0.3, 0.4) is 0 Å². The zero-order chi connectivity index (χ0) is 12.8. The molecule has 1 aromatic heterocycles. The maximum Gasteiger partial charge on any atom is 0.162 e. The Hall–Kier alpha value is -2.37. The lowest BCUT2D eigenvalue weighted by atomic mass is 10.0. The molecule has 0 radical (unpaired) electrons. The smallest absolute Gasteiger partial charge is 0.162 e. The summed E-state index contributed by atoms with van der Waals surface area (Å²) in [6.07, 6.45) is 9.47. The first-order valence-electron chi connectivity index (χ1n) is 6.70. The van der Waals surface area contributed by atoms with E-state index in [1.54, 1.807) is 0 Å². The van der Waals surface area contributed by atoms with Gasteiger partial charge in [0.1, 0.15) is 17.7 Å². The lowest BCUT2D eigenvalue weighted by Crippen LogP contribution is -1.97. The first-order chi connectivity index (χ1) is 9.40. The maximum absolute atomic E-state index is 3.20. The Morgan fingerprint density at radius 2 is 2.00 bits per heavy atom. The molecule has 19 heavy (non-hydrogen) atoms. The molecule has 1 heterocycles. The molecule has 90 valence electrons. The zero-order valence-corrected chi connectivity index (χ0v) is 10.9. The van der Waals surface area contributed by atoms with E-state index >= 15 is 0 Å².